The minimum absolute atomic E-state index is 0.154. The second-order valence-corrected chi connectivity index (χ2v) is 9.63. The third-order valence-electron chi connectivity index (χ3n) is 5.81. The maximum Gasteiger partial charge on any atom is 0.478 e. The molecule has 3 saturated heterocycles. The van der Waals surface area contributed by atoms with Gasteiger partial charge in [-0.05, 0) is 19.3 Å². The summed E-state index contributed by atoms with van der Waals surface area (Å²) >= 11 is 0. The number of aromatic nitrogens is 4. The fourth-order valence-corrected chi connectivity index (χ4v) is 5.52. The summed E-state index contributed by atoms with van der Waals surface area (Å²) in [7, 11) is -4.07. The Bertz CT molecular complexity index is 1090. The van der Waals surface area contributed by atoms with Crippen molar-refractivity contribution < 1.29 is 37.5 Å². The van der Waals surface area contributed by atoms with Crippen LogP contribution in [-0.4, -0.2) is 75.4 Å². The number of fused-ring (bicyclic) bond motifs is 2. The van der Waals surface area contributed by atoms with Gasteiger partial charge in [0.25, 0.3) is 0 Å². The van der Waals surface area contributed by atoms with Gasteiger partial charge in [0.2, 0.25) is 12.7 Å². The number of hydrogen-bond acceptors (Lipinski definition) is 13. The Kier molecular flexibility index (Phi) is 5.97. The minimum Gasteiger partial charge on any atom is -0.438 e. The number of imidazole rings is 1. The molecule has 0 bridgehead atoms. The fourth-order valence-electron chi connectivity index (χ4n) is 4.25. The van der Waals surface area contributed by atoms with E-state index >= 15 is 0 Å². The molecule has 5 rings (SSSR count). The SMILES string of the molecule is CC(=O)OCOP1(=O)OC[C@@H]2O[C@@H](n3c(N4CCCCC4)nc4c(N)ncnc43)[C@H](O)[C@@H]2O1. The molecule has 2 aromatic heterocycles. The van der Waals surface area contributed by atoms with Crippen molar-refractivity contribution in [3.8, 4) is 0 Å². The molecule has 33 heavy (non-hydrogen) atoms. The van der Waals surface area contributed by atoms with Crippen LogP contribution < -0.4 is 10.6 Å². The van der Waals surface area contributed by atoms with Crippen LogP contribution in [0.5, 0.6) is 0 Å². The predicted molar refractivity (Wildman–Crippen MR) is 112 cm³/mol. The van der Waals surface area contributed by atoms with Crippen molar-refractivity contribution in [3.05, 3.63) is 6.33 Å². The van der Waals surface area contributed by atoms with Crippen molar-refractivity contribution in [2.24, 2.45) is 0 Å². The molecular weight excluding hydrogens is 459 g/mol. The Morgan fingerprint density at radius 3 is 2.88 bits per heavy atom. The molecule has 14 nitrogen and oxygen atoms in total. The summed E-state index contributed by atoms with van der Waals surface area (Å²) in [4.78, 5) is 26.0. The summed E-state index contributed by atoms with van der Waals surface area (Å²) in [5, 5.41) is 11.1. The Morgan fingerprint density at radius 2 is 2.12 bits per heavy atom. The van der Waals surface area contributed by atoms with E-state index in [2.05, 4.69) is 24.6 Å². The molecule has 3 aliphatic heterocycles. The van der Waals surface area contributed by atoms with E-state index in [9.17, 15) is 14.5 Å². The summed E-state index contributed by atoms with van der Waals surface area (Å²) in [6, 6.07) is 0. The largest absolute Gasteiger partial charge is 0.478 e. The first-order valence-corrected chi connectivity index (χ1v) is 12.1. The molecule has 1 unspecified atom stereocenters. The van der Waals surface area contributed by atoms with Gasteiger partial charge in [-0.1, -0.05) is 0 Å². The van der Waals surface area contributed by atoms with Gasteiger partial charge in [0.05, 0.1) is 6.61 Å². The van der Waals surface area contributed by atoms with E-state index in [-0.39, 0.29) is 12.4 Å². The van der Waals surface area contributed by atoms with Crippen LogP contribution in [0.25, 0.3) is 11.2 Å². The lowest BCUT2D eigenvalue weighted by atomic mass is 10.1. The van der Waals surface area contributed by atoms with Crippen molar-refractivity contribution in [1.82, 2.24) is 19.5 Å². The molecule has 5 heterocycles. The number of aliphatic hydroxyl groups is 1. The molecule has 15 heteroatoms. The van der Waals surface area contributed by atoms with Gasteiger partial charge < -0.3 is 25.2 Å². The molecule has 3 fully saturated rings. The number of hydrogen-bond donors (Lipinski definition) is 2. The average molecular weight is 484 g/mol. The second-order valence-electron chi connectivity index (χ2n) is 8.01. The summed E-state index contributed by atoms with van der Waals surface area (Å²) in [6.45, 7) is 1.99. The van der Waals surface area contributed by atoms with Crippen molar-refractivity contribution >= 4 is 36.7 Å². The number of nitrogen functional groups attached to an aromatic ring is 1. The molecule has 3 aliphatic rings. The van der Waals surface area contributed by atoms with Gasteiger partial charge >= 0.3 is 13.8 Å². The maximum absolute atomic E-state index is 12.8. The highest BCUT2D eigenvalue weighted by Crippen LogP contribution is 2.57. The topological polar surface area (TPSA) is 173 Å². The zero-order valence-corrected chi connectivity index (χ0v) is 18.8. The van der Waals surface area contributed by atoms with Crippen LogP contribution in [0.2, 0.25) is 0 Å². The van der Waals surface area contributed by atoms with E-state index in [0.29, 0.717) is 17.1 Å². The molecule has 180 valence electrons. The highest BCUT2D eigenvalue weighted by molar-refractivity contribution is 7.48. The van der Waals surface area contributed by atoms with E-state index in [4.69, 9.17) is 24.0 Å². The van der Waals surface area contributed by atoms with E-state index in [1.165, 1.54) is 13.3 Å². The first-order chi connectivity index (χ1) is 15.9. The van der Waals surface area contributed by atoms with Crippen molar-refractivity contribution in [3.63, 3.8) is 0 Å². The number of esters is 1. The second kappa shape index (κ2) is 8.78. The van der Waals surface area contributed by atoms with Gasteiger partial charge in [-0.25, -0.2) is 24.0 Å². The first-order valence-electron chi connectivity index (χ1n) is 10.6. The molecular formula is C18H25N6O8P. The van der Waals surface area contributed by atoms with Gasteiger partial charge in [-0.2, -0.15) is 0 Å². The first kappa shape index (κ1) is 22.4. The molecule has 0 amide bonds. The molecule has 0 aliphatic carbocycles. The van der Waals surface area contributed by atoms with E-state index in [1.807, 2.05) is 0 Å². The Hall–Kier alpha value is -2.35. The Morgan fingerprint density at radius 1 is 1.33 bits per heavy atom. The molecule has 5 atom stereocenters. The number of aliphatic hydroxyl groups excluding tert-OH is 1. The number of nitrogens with zero attached hydrogens (tertiary/aromatic N) is 5. The number of phosphoric ester groups is 1. The highest BCUT2D eigenvalue weighted by Gasteiger charge is 2.54. The Labute approximate surface area is 188 Å². The predicted octanol–water partition coefficient (Wildman–Crippen LogP) is 0.718. The third-order valence-corrected chi connectivity index (χ3v) is 7.20. The number of piperidine rings is 1. The van der Waals surface area contributed by atoms with E-state index < -0.39 is 45.1 Å². The standard InChI is InChI=1S/C18H25N6O8P/c1-10(25)28-9-30-33(27)29-7-11-14(32-33)13(26)17(31-11)24-16-12(15(19)20-8-21-16)22-18(24)23-5-3-2-4-6-23/h8,11,13-14,17,26H,2-7,9H2,1H3,(H2,19,20,21)/t11-,13+,14+,17+,33?/m0/s1. The zero-order chi connectivity index (χ0) is 23.2. The van der Waals surface area contributed by atoms with Gasteiger partial charge in [-0.15, -0.1) is 0 Å². The van der Waals surface area contributed by atoms with Crippen LogP contribution in [0.3, 0.4) is 0 Å². The summed E-state index contributed by atoms with van der Waals surface area (Å²) in [6.07, 6.45) is 0.502. The lowest BCUT2D eigenvalue weighted by Crippen LogP contribution is -2.40. The summed E-state index contributed by atoms with van der Waals surface area (Å²) in [5.74, 6) is 0.152. The van der Waals surface area contributed by atoms with Crippen LogP contribution in [-0.2, 0) is 32.4 Å². The van der Waals surface area contributed by atoms with Crippen LogP contribution in [0.4, 0.5) is 11.8 Å². The van der Waals surface area contributed by atoms with Crippen LogP contribution in [0.15, 0.2) is 6.33 Å². The number of ether oxygens (including phenoxy) is 2. The lowest BCUT2D eigenvalue weighted by Gasteiger charge is -2.30. The van der Waals surface area contributed by atoms with Crippen LogP contribution >= 0.6 is 7.82 Å². The molecule has 0 radical (unpaired) electrons. The van der Waals surface area contributed by atoms with Crippen LogP contribution in [0.1, 0.15) is 32.4 Å². The molecule has 0 aromatic carbocycles. The van der Waals surface area contributed by atoms with Gasteiger partial charge in [0.1, 0.15) is 24.6 Å². The number of rotatable bonds is 5. The van der Waals surface area contributed by atoms with Crippen molar-refractivity contribution in [2.45, 2.75) is 50.7 Å². The monoisotopic (exact) mass is 484 g/mol. The summed E-state index contributed by atoms with van der Waals surface area (Å²) in [5.41, 5.74) is 6.84. The number of anilines is 2. The van der Waals surface area contributed by atoms with Gasteiger partial charge in [-0.3, -0.25) is 18.4 Å². The minimum atomic E-state index is -4.07. The fraction of sp³-hybridized carbons (Fsp3) is 0.667. The maximum atomic E-state index is 12.8. The Balaban J connectivity index is 1.45. The average Bonchev–Trinajstić information content (AvgIpc) is 3.33. The summed E-state index contributed by atoms with van der Waals surface area (Å²) < 4.78 is 40.9. The van der Waals surface area contributed by atoms with E-state index in [1.54, 1.807) is 4.57 Å². The number of nitrogens with two attached hydrogens (primary N) is 1. The smallest absolute Gasteiger partial charge is 0.438 e. The van der Waals surface area contributed by atoms with E-state index in [0.717, 1.165) is 32.4 Å². The number of carbonyl (C=O) groups is 1. The quantitative estimate of drug-likeness (QED) is 0.345. The third kappa shape index (κ3) is 4.18. The normalized spacial score (nSPS) is 32.1. The van der Waals surface area contributed by atoms with Crippen LogP contribution in [0, 0.1) is 0 Å². The zero-order valence-electron chi connectivity index (χ0n) is 17.9. The number of phosphoric acid groups is 1. The number of carbonyl (C=O) groups excluding carboxylic acids is 1. The van der Waals surface area contributed by atoms with Gasteiger partial charge in [0.15, 0.2) is 23.2 Å². The van der Waals surface area contributed by atoms with Gasteiger partial charge in [0, 0.05) is 20.0 Å². The lowest BCUT2D eigenvalue weighted by molar-refractivity contribution is -0.150. The highest BCUT2D eigenvalue weighted by atomic mass is 31.2. The van der Waals surface area contributed by atoms with Crippen molar-refractivity contribution in [1.29, 1.82) is 0 Å². The van der Waals surface area contributed by atoms with Crippen molar-refractivity contribution in [2.75, 3.05) is 37.1 Å². The molecule has 0 spiro atoms. The molecule has 3 N–H and O–H groups in total. The molecule has 2 aromatic rings. The molecule has 0 saturated carbocycles.